The summed E-state index contributed by atoms with van der Waals surface area (Å²) in [4.78, 5) is 0. The van der Waals surface area contributed by atoms with Gasteiger partial charge in [0.15, 0.2) is 0 Å². The van der Waals surface area contributed by atoms with Crippen molar-refractivity contribution in [2.75, 3.05) is 56.1 Å². The monoisotopic (exact) mass is 252 g/mol. The average molecular weight is 252 g/mol. The van der Waals surface area contributed by atoms with Crippen molar-refractivity contribution in [1.82, 2.24) is 10.6 Å². The normalized spacial score (nSPS) is 10.5. The van der Waals surface area contributed by atoms with E-state index in [-0.39, 0.29) is 0 Å². The van der Waals surface area contributed by atoms with E-state index in [9.17, 15) is 0 Å². The summed E-state index contributed by atoms with van der Waals surface area (Å²) in [5.41, 5.74) is 19.1. The number of nitrogen functional groups attached to an aromatic ring is 2. The Kier molecular flexibility index (Phi) is 6.93. The molecule has 0 aliphatic heterocycles. The third-order valence-corrected chi connectivity index (χ3v) is 2.49. The van der Waals surface area contributed by atoms with Gasteiger partial charge in [-0.2, -0.15) is 0 Å². The molecule has 1 rings (SSSR count). The number of nitrogens with one attached hydrogen (secondary N) is 3. The predicted molar refractivity (Wildman–Crippen MR) is 78.6 cm³/mol. The van der Waals surface area contributed by atoms with Crippen molar-refractivity contribution in [1.29, 1.82) is 0 Å². The molecule has 0 heterocycles. The molecule has 0 spiro atoms. The minimum absolute atomic E-state index is 0.679. The van der Waals surface area contributed by atoms with Crippen LogP contribution in [0, 0.1) is 0 Å². The van der Waals surface area contributed by atoms with Crippen LogP contribution in [0.4, 0.5) is 17.1 Å². The van der Waals surface area contributed by atoms with Crippen LogP contribution in [0.15, 0.2) is 18.2 Å². The van der Waals surface area contributed by atoms with Crippen molar-refractivity contribution in [2.45, 2.75) is 0 Å². The Balaban J connectivity index is 2.07. The topological polar surface area (TPSA) is 114 Å². The van der Waals surface area contributed by atoms with Crippen LogP contribution in [-0.4, -0.2) is 39.3 Å². The summed E-state index contributed by atoms with van der Waals surface area (Å²) in [6.07, 6.45) is 0. The van der Waals surface area contributed by atoms with E-state index in [0.29, 0.717) is 17.9 Å². The highest BCUT2D eigenvalue weighted by molar-refractivity contribution is 5.70. The first kappa shape index (κ1) is 14.6. The first-order valence-electron chi connectivity index (χ1n) is 6.24. The van der Waals surface area contributed by atoms with Crippen molar-refractivity contribution in [3.8, 4) is 0 Å². The van der Waals surface area contributed by atoms with Gasteiger partial charge >= 0.3 is 0 Å². The van der Waals surface area contributed by atoms with Gasteiger partial charge in [0.05, 0.1) is 11.4 Å². The lowest BCUT2D eigenvalue weighted by atomic mass is 10.2. The summed E-state index contributed by atoms with van der Waals surface area (Å²) < 4.78 is 0. The third kappa shape index (κ3) is 5.72. The largest absolute Gasteiger partial charge is 0.399 e. The van der Waals surface area contributed by atoms with Gasteiger partial charge in [0, 0.05) is 45.0 Å². The molecule has 0 amide bonds. The Morgan fingerprint density at radius 1 is 0.889 bits per heavy atom. The molecule has 0 saturated heterocycles. The molecule has 0 atom stereocenters. The molecule has 0 saturated carbocycles. The first-order chi connectivity index (χ1) is 8.74. The van der Waals surface area contributed by atoms with Crippen molar-refractivity contribution in [3.63, 3.8) is 0 Å². The fourth-order valence-corrected chi connectivity index (χ4v) is 1.56. The summed E-state index contributed by atoms with van der Waals surface area (Å²) in [5, 5.41) is 9.79. The van der Waals surface area contributed by atoms with Gasteiger partial charge in [-0.3, -0.25) is 0 Å². The number of hydrogen-bond acceptors (Lipinski definition) is 6. The van der Waals surface area contributed by atoms with E-state index in [2.05, 4.69) is 16.0 Å². The molecule has 6 heteroatoms. The van der Waals surface area contributed by atoms with Gasteiger partial charge in [-0.15, -0.1) is 0 Å². The standard InChI is InChI=1S/C12H24N6/c13-3-4-16-5-6-17-7-8-18-12-2-1-10(14)9-11(12)15/h1-2,9,16-18H,3-8,13-15H2. The zero-order valence-corrected chi connectivity index (χ0v) is 10.7. The Morgan fingerprint density at radius 2 is 1.56 bits per heavy atom. The van der Waals surface area contributed by atoms with Crippen LogP contribution in [0.3, 0.4) is 0 Å². The molecule has 0 aliphatic carbocycles. The SMILES string of the molecule is NCCNCCNCCNc1ccc(N)cc1N. The van der Waals surface area contributed by atoms with Crippen LogP contribution < -0.4 is 33.2 Å². The summed E-state index contributed by atoms with van der Waals surface area (Å²) >= 11 is 0. The van der Waals surface area contributed by atoms with Crippen LogP contribution in [0.5, 0.6) is 0 Å². The summed E-state index contributed by atoms with van der Waals surface area (Å²) in [6.45, 7) is 5.11. The molecule has 9 N–H and O–H groups in total. The van der Waals surface area contributed by atoms with Crippen LogP contribution in [0.1, 0.15) is 0 Å². The summed E-state index contributed by atoms with van der Waals surface area (Å²) in [7, 11) is 0. The molecule has 1 aromatic carbocycles. The highest BCUT2D eigenvalue weighted by atomic mass is 15.0. The molecule has 0 aromatic heterocycles. The van der Waals surface area contributed by atoms with E-state index in [1.807, 2.05) is 12.1 Å². The lowest BCUT2D eigenvalue weighted by Gasteiger charge is -2.10. The van der Waals surface area contributed by atoms with Crippen molar-refractivity contribution in [2.24, 2.45) is 5.73 Å². The maximum atomic E-state index is 5.83. The van der Waals surface area contributed by atoms with E-state index in [1.54, 1.807) is 6.07 Å². The lowest BCUT2D eigenvalue weighted by Crippen LogP contribution is -2.32. The molecule has 0 bridgehead atoms. The maximum Gasteiger partial charge on any atom is 0.0575 e. The quantitative estimate of drug-likeness (QED) is 0.258. The van der Waals surface area contributed by atoms with Gasteiger partial charge < -0.3 is 33.2 Å². The van der Waals surface area contributed by atoms with Gasteiger partial charge in [-0.25, -0.2) is 0 Å². The van der Waals surface area contributed by atoms with E-state index < -0.39 is 0 Å². The number of nitrogens with two attached hydrogens (primary N) is 3. The molecule has 0 unspecified atom stereocenters. The average Bonchev–Trinajstić information content (AvgIpc) is 2.35. The van der Waals surface area contributed by atoms with E-state index in [0.717, 1.165) is 38.4 Å². The number of anilines is 3. The van der Waals surface area contributed by atoms with Crippen LogP contribution in [0.25, 0.3) is 0 Å². The van der Waals surface area contributed by atoms with Crippen LogP contribution in [-0.2, 0) is 0 Å². The number of rotatable bonds is 9. The third-order valence-electron chi connectivity index (χ3n) is 2.49. The second kappa shape index (κ2) is 8.57. The van der Waals surface area contributed by atoms with Crippen LogP contribution in [0.2, 0.25) is 0 Å². The first-order valence-corrected chi connectivity index (χ1v) is 6.24. The molecule has 0 aliphatic rings. The summed E-state index contributed by atoms with van der Waals surface area (Å²) in [6, 6.07) is 5.49. The Bertz CT molecular complexity index is 341. The minimum Gasteiger partial charge on any atom is -0.399 e. The van der Waals surface area contributed by atoms with E-state index in [1.165, 1.54) is 0 Å². The molecule has 0 fully saturated rings. The molecular weight excluding hydrogens is 228 g/mol. The van der Waals surface area contributed by atoms with Gasteiger partial charge in [0.25, 0.3) is 0 Å². The zero-order chi connectivity index (χ0) is 13.2. The molecule has 0 radical (unpaired) electrons. The van der Waals surface area contributed by atoms with Gasteiger partial charge in [0.2, 0.25) is 0 Å². The predicted octanol–water partition coefficient (Wildman–Crippen LogP) is -0.599. The Labute approximate surface area is 108 Å². The van der Waals surface area contributed by atoms with Crippen molar-refractivity contribution >= 4 is 17.1 Å². The molecular formula is C12H24N6. The van der Waals surface area contributed by atoms with Gasteiger partial charge in [-0.05, 0) is 18.2 Å². The second-order valence-electron chi connectivity index (χ2n) is 4.06. The zero-order valence-electron chi connectivity index (χ0n) is 10.7. The highest BCUT2D eigenvalue weighted by Crippen LogP contribution is 2.20. The molecule has 1 aromatic rings. The van der Waals surface area contributed by atoms with E-state index >= 15 is 0 Å². The Morgan fingerprint density at radius 3 is 2.22 bits per heavy atom. The summed E-state index contributed by atoms with van der Waals surface area (Å²) in [5.74, 6) is 0. The Hall–Kier alpha value is -1.50. The molecule has 6 nitrogen and oxygen atoms in total. The minimum atomic E-state index is 0.679. The van der Waals surface area contributed by atoms with E-state index in [4.69, 9.17) is 17.2 Å². The molecule has 102 valence electrons. The van der Waals surface area contributed by atoms with Crippen molar-refractivity contribution in [3.05, 3.63) is 18.2 Å². The van der Waals surface area contributed by atoms with Crippen molar-refractivity contribution < 1.29 is 0 Å². The highest BCUT2D eigenvalue weighted by Gasteiger charge is 1.97. The fraction of sp³-hybridized carbons (Fsp3) is 0.500. The lowest BCUT2D eigenvalue weighted by molar-refractivity contribution is 0.622. The van der Waals surface area contributed by atoms with Gasteiger partial charge in [-0.1, -0.05) is 0 Å². The smallest absolute Gasteiger partial charge is 0.0575 e. The number of hydrogen-bond donors (Lipinski definition) is 6. The fourth-order valence-electron chi connectivity index (χ4n) is 1.56. The van der Waals surface area contributed by atoms with Gasteiger partial charge in [0.1, 0.15) is 0 Å². The maximum absolute atomic E-state index is 5.83. The number of benzene rings is 1. The van der Waals surface area contributed by atoms with Crippen LogP contribution >= 0.6 is 0 Å². The molecule has 18 heavy (non-hydrogen) atoms. The second-order valence-corrected chi connectivity index (χ2v) is 4.06.